The van der Waals surface area contributed by atoms with Crippen LogP contribution in [0, 0.1) is 5.82 Å². The molecular formula is C19H17ClF3N5O. The first kappa shape index (κ1) is 19.5. The molecule has 1 fully saturated rings. The highest BCUT2D eigenvalue weighted by atomic mass is 35.5. The highest BCUT2D eigenvalue weighted by molar-refractivity contribution is 6.32. The third-order valence-electron chi connectivity index (χ3n) is 4.63. The molecule has 0 spiro atoms. The highest BCUT2D eigenvalue weighted by Gasteiger charge is 2.34. The van der Waals surface area contributed by atoms with Crippen LogP contribution >= 0.6 is 11.6 Å². The number of alkyl halides is 2. The third-order valence-corrected chi connectivity index (χ3v) is 5.01. The number of hydrogen-bond donors (Lipinski definition) is 1. The Morgan fingerprint density at radius 2 is 2.07 bits per heavy atom. The number of amides is 1. The molecule has 1 aliphatic rings. The van der Waals surface area contributed by atoms with E-state index in [0.717, 1.165) is 12.8 Å². The summed E-state index contributed by atoms with van der Waals surface area (Å²) in [5, 5.41) is 10.5. The average molecular weight is 424 g/mol. The van der Waals surface area contributed by atoms with Gasteiger partial charge in [-0.2, -0.15) is 10.2 Å². The van der Waals surface area contributed by atoms with Gasteiger partial charge < -0.3 is 5.32 Å². The third kappa shape index (κ3) is 4.29. The van der Waals surface area contributed by atoms with E-state index in [1.807, 2.05) is 0 Å². The van der Waals surface area contributed by atoms with Crippen molar-refractivity contribution in [2.24, 2.45) is 0 Å². The highest BCUT2D eigenvalue weighted by Crippen LogP contribution is 2.45. The van der Waals surface area contributed by atoms with Gasteiger partial charge >= 0.3 is 0 Å². The lowest BCUT2D eigenvalue weighted by molar-refractivity contribution is -0.117. The molecular weight excluding hydrogens is 407 g/mol. The van der Waals surface area contributed by atoms with Crippen LogP contribution in [0.2, 0.25) is 5.02 Å². The van der Waals surface area contributed by atoms with E-state index in [4.69, 9.17) is 11.6 Å². The summed E-state index contributed by atoms with van der Waals surface area (Å²) in [6.45, 7) is -0.0301. The van der Waals surface area contributed by atoms with Gasteiger partial charge in [-0.15, -0.1) is 0 Å². The minimum atomic E-state index is -2.80. The van der Waals surface area contributed by atoms with Gasteiger partial charge in [-0.25, -0.2) is 13.2 Å². The lowest BCUT2D eigenvalue weighted by atomic mass is 10.2. The first-order chi connectivity index (χ1) is 13.9. The summed E-state index contributed by atoms with van der Waals surface area (Å²) in [5.74, 6) is -0.734. The van der Waals surface area contributed by atoms with Crippen LogP contribution in [0.1, 0.15) is 42.1 Å². The van der Waals surface area contributed by atoms with Crippen molar-refractivity contribution in [1.82, 2.24) is 19.6 Å². The largest absolute Gasteiger partial charge is 0.322 e. The number of hydrogen-bond acceptors (Lipinski definition) is 3. The number of anilines is 1. The van der Waals surface area contributed by atoms with Crippen LogP contribution in [0.15, 0.2) is 36.7 Å². The van der Waals surface area contributed by atoms with Gasteiger partial charge in [0.1, 0.15) is 18.1 Å². The van der Waals surface area contributed by atoms with E-state index in [1.54, 1.807) is 24.4 Å². The van der Waals surface area contributed by atoms with Crippen LogP contribution in [0.25, 0.3) is 0 Å². The van der Waals surface area contributed by atoms with Crippen molar-refractivity contribution in [1.29, 1.82) is 0 Å². The quantitative estimate of drug-likeness (QED) is 0.613. The molecule has 10 heteroatoms. The van der Waals surface area contributed by atoms with Gasteiger partial charge in [0, 0.05) is 17.7 Å². The Kier molecular flexibility index (Phi) is 5.31. The van der Waals surface area contributed by atoms with E-state index in [1.165, 1.54) is 21.6 Å². The summed E-state index contributed by atoms with van der Waals surface area (Å²) >= 11 is 6.06. The first-order valence-corrected chi connectivity index (χ1v) is 9.40. The van der Waals surface area contributed by atoms with Gasteiger partial charge in [0.2, 0.25) is 5.91 Å². The van der Waals surface area contributed by atoms with Gasteiger partial charge in [0.05, 0.1) is 29.1 Å². The van der Waals surface area contributed by atoms with Gasteiger partial charge in [0.25, 0.3) is 6.43 Å². The number of rotatable bonds is 7. The van der Waals surface area contributed by atoms with Crippen molar-refractivity contribution < 1.29 is 18.0 Å². The van der Waals surface area contributed by atoms with Gasteiger partial charge in [-0.05, 0) is 18.9 Å². The molecule has 0 aliphatic heterocycles. The first-order valence-electron chi connectivity index (χ1n) is 9.02. The second-order valence-corrected chi connectivity index (χ2v) is 7.26. The van der Waals surface area contributed by atoms with Gasteiger partial charge in [0.15, 0.2) is 0 Å². The monoisotopic (exact) mass is 423 g/mol. The predicted octanol–water partition coefficient (Wildman–Crippen LogP) is 4.37. The fourth-order valence-corrected chi connectivity index (χ4v) is 3.50. The zero-order chi connectivity index (χ0) is 20.5. The summed E-state index contributed by atoms with van der Waals surface area (Å²) in [5.41, 5.74) is 0.853. The lowest BCUT2D eigenvalue weighted by Crippen LogP contribution is -2.20. The number of carbonyl (C=O) groups excluding carboxylic acids is 1. The Morgan fingerprint density at radius 3 is 2.76 bits per heavy atom. The van der Waals surface area contributed by atoms with E-state index in [2.05, 4.69) is 15.5 Å². The summed E-state index contributed by atoms with van der Waals surface area (Å²) < 4.78 is 42.7. The van der Waals surface area contributed by atoms with Crippen molar-refractivity contribution in [3.63, 3.8) is 0 Å². The molecule has 0 bridgehead atoms. The number of halogens is 4. The Morgan fingerprint density at radius 1 is 1.31 bits per heavy atom. The molecule has 0 unspecified atom stereocenters. The second kappa shape index (κ2) is 7.90. The number of nitrogens with zero attached hydrogens (tertiary/aromatic N) is 4. The molecule has 29 heavy (non-hydrogen) atoms. The molecule has 1 saturated carbocycles. The topological polar surface area (TPSA) is 64.7 Å². The average Bonchev–Trinajstić information content (AvgIpc) is 3.32. The Balaban J connectivity index is 1.44. The molecule has 2 aromatic heterocycles. The predicted molar refractivity (Wildman–Crippen MR) is 101 cm³/mol. The molecule has 0 saturated heterocycles. The molecule has 1 amide bonds. The Labute approximate surface area is 169 Å². The second-order valence-electron chi connectivity index (χ2n) is 6.88. The fourth-order valence-electron chi connectivity index (χ4n) is 3.13. The van der Waals surface area contributed by atoms with Gasteiger partial charge in [-0.1, -0.05) is 29.8 Å². The summed E-state index contributed by atoms with van der Waals surface area (Å²) in [4.78, 5) is 12.4. The van der Waals surface area contributed by atoms with Crippen LogP contribution in [0.5, 0.6) is 0 Å². The molecule has 152 valence electrons. The molecule has 0 radical (unpaired) electrons. The van der Waals surface area contributed by atoms with Crippen LogP contribution in [-0.2, 0) is 17.9 Å². The summed E-state index contributed by atoms with van der Waals surface area (Å²) in [6, 6.07) is 6.34. The molecule has 1 N–H and O–H groups in total. The fraction of sp³-hybridized carbons (Fsp3) is 0.316. The molecule has 1 aromatic carbocycles. The van der Waals surface area contributed by atoms with Crippen LogP contribution in [-0.4, -0.2) is 25.5 Å². The van der Waals surface area contributed by atoms with E-state index < -0.39 is 18.0 Å². The van der Waals surface area contributed by atoms with Crippen molar-refractivity contribution in [2.75, 3.05) is 5.32 Å². The maximum atomic E-state index is 13.7. The standard InChI is InChI=1S/C19H17ClF3N5O/c20-16-17(19(22)23)26-28(18(16)11-5-6-11)10-15(29)25-13-7-24-27(9-13)8-12-3-1-2-4-14(12)21/h1-4,7,9,11,19H,5-6,8,10H2,(H,25,29). The molecule has 4 rings (SSSR count). The molecule has 1 aliphatic carbocycles. The molecule has 3 aromatic rings. The number of nitrogens with one attached hydrogen (secondary N) is 1. The Bertz CT molecular complexity index is 1040. The van der Waals surface area contributed by atoms with E-state index in [9.17, 15) is 18.0 Å². The molecule has 2 heterocycles. The lowest BCUT2D eigenvalue weighted by Gasteiger charge is -2.07. The minimum Gasteiger partial charge on any atom is -0.322 e. The van der Waals surface area contributed by atoms with Crippen molar-refractivity contribution >= 4 is 23.2 Å². The summed E-state index contributed by atoms with van der Waals surface area (Å²) in [6.07, 6.45) is 1.85. The normalized spacial score (nSPS) is 13.8. The molecule has 0 atom stereocenters. The Hall–Kier alpha value is -2.81. The van der Waals surface area contributed by atoms with Crippen molar-refractivity contribution in [3.8, 4) is 0 Å². The zero-order valence-corrected chi connectivity index (χ0v) is 15.9. The maximum absolute atomic E-state index is 13.7. The number of carbonyl (C=O) groups is 1. The van der Waals surface area contributed by atoms with Gasteiger partial charge in [-0.3, -0.25) is 14.2 Å². The summed E-state index contributed by atoms with van der Waals surface area (Å²) in [7, 11) is 0. The zero-order valence-electron chi connectivity index (χ0n) is 15.2. The smallest absolute Gasteiger partial charge is 0.283 e. The van der Waals surface area contributed by atoms with E-state index >= 15 is 0 Å². The van der Waals surface area contributed by atoms with Crippen LogP contribution < -0.4 is 5.32 Å². The van der Waals surface area contributed by atoms with Crippen molar-refractivity contribution in [3.05, 3.63) is 64.5 Å². The van der Waals surface area contributed by atoms with Crippen molar-refractivity contribution in [2.45, 2.75) is 38.3 Å². The minimum absolute atomic E-state index is 0.0545. The number of aromatic nitrogens is 4. The number of benzene rings is 1. The maximum Gasteiger partial charge on any atom is 0.283 e. The van der Waals surface area contributed by atoms with E-state index in [-0.39, 0.29) is 29.8 Å². The SMILES string of the molecule is O=C(Cn1nc(C(F)F)c(Cl)c1C1CC1)Nc1cnn(Cc2ccccc2F)c1. The van der Waals surface area contributed by atoms with E-state index in [0.29, 0.717) is 16.9 Å². The molecule has 6 nitrogen and oxygen atoms in total. The van der Waals surface area contributed by atoms with Crippen LogP contribution in [0.4, 0.5) is 18.9 Å². The van der Waals surface area contributed by atoms with Crippen LogP contribution in [0.3, 0.4) is 0 Å².